The molecule has 4 nitrogen and oxygen atoms in total. The molecule has 1 aliphatic rings. The first-order valence-electron chi connectivity index (χ1n) is 6.55. The number of aromatic nitrogens is 1. The van der Waals surface area contributed by atoms with Crippen molar-refractivity contribution < 1.29 is 9.90 Å². The van der Waals surface area contributed by atoms with Gasteiger partial charge in [-0.2, -0.15) is 0 Å². The third-order valence-corrected chi connectivity index (χ3v) is 3.68. The molecular weight excluding hydrogens is 228 g/mol. The van der Waals surface area contributed by atoms with Gasteiger partial charge in [0, 0.05) is 11.7 Å². The minimum atomic E-state index is -0.905. The van der Waals surface area contributed by atoms with Crippen LogP contribution in [0.2, 0.25) is 0 Å². The van der Waals surface area contributed by atoms with Gasteiger partial charge in [0.2, 0.25) is 0 Å². The Labute approximate surface area is 107 Å². The van der Waals surface area contributed by atoms with Crippen LogP contribution >= 0.6 is 0 Å². The van der Waals surface area contributed by atoms with Gasteiger partial charge < -0.3 is 10.4 Å². The number of carboxylic acids is 1. The SMILES string of the molecule is Cc1cc(C(=O)O)cc(NC(C)C2CCCC2)n1. The number of hydrogen-bond acceptors (Lipinski definition) is 3. The molecule has 4 heteroatoms. The van der Waals surface area contributed by atoms with Crippen LogP contribution in [0.1, 0.15) is 48.7 Å². The van der Waals surface area contributed by atoms with E-state index in [1.165, 1.54) is 25.7 Å². The van der Waals surface area contributed by atoms with E-state index in [0.29, 0.717) is 23.3 Å². The number of anilines is 1. The Morgan fingerprint density at radius 1 is 1.44 bits per heavy atom. The quantitative estimate of drug-likeness (QED) is 0.859. The first-order valence-corrected chi connectivity index (χ1v) is 6.55. The molecule has 98 valence electrons. The molecule has 2 rings (SSSR count). The van der Waals surface area contributed by atoms with Crippen molar-refractivity contribution in [3.63, 3.8) is 0 Å². The number of rotatable bonds is 4. The fourth-order valence-electron chi connectivity index (χ4n) is 2.67. The van der Waals surface area contributed by atoms with E-state index >= 15 is 0 Å². The van der Waals surface area contributed by atoms with Crippen molar-refractivity contribution in [3.8, 4) is 0 Å². The Balaban J connectivity index is 2.10. The van der Waals surface area contributed by atoms with E-state index in [0.717, 1.165) is 5.69 Å². The maximum atomic E-state index is 11.0. The number of carboxylic acid groups (broad SMARTS) is 1. The van der Waals surface area contributed by atoms with Gasteiger partial charge in [-0.05, 0) is 44.7 Å². The first-order chi connectivity index (χ1) is 8.56. The number of nitrogens with one attached hydrogen (secondary N) is 1. The van der Waals surface area contributed by atoms with Crippen LogP contribution in [0.5, 0.6) is 0 Å². The van der Waals surface area contributed by atoms with Crippen molar-refractivity contribution in [2.75, 3.05) is 5.32 Å². The predicted octanol–water partition coefficient (Wildman–Crippen LogP) is 3.08. The van der Waals surface area contributed by atoms with Crippen LogP contribution in [0.4, 0.5) is 5.82 Å². The lowest BCUT2D eigenvalue weighted by Gasteiger charge is -2.21. The zero-order valence-corrected chi connectivity index (χ0v) is 10.9. The van der Waals surface area contributed by atoms with Crippen LogP contribution in [-0.4, -0.2) is 22.1 Å². The average Bonchev–Trinajstić information content (AvgIpc) is 2.81. The summed E-state index contributed by atoms with van der Waals surface area (Å²) in [6, 6.07) is 3.55. The van der Waals surface area contributed by atoms with Gasteiger partial charge in [-0.25, -0.2) is 9.78 Å². The van der Waals surface area contributed by atoms with E-state index in [1.807, 2.05) is 6.92 Å². The van der Waals surface area contributed by atoms with Gasteiger partial charge in [-0.15, -0.1) is 0 Å². The number of aromatic carboxylic acids is 1. The maximum absolute atomic E-state index is 11.0. The zero-order valence-electron chi connectivity index (χ0n) is 10.9. The molecule has 0 amide bonds. The third-order valence-electron chi connectivity index (χ3n) is 3.68. The second-order valence-corrected chi connectivity index (χ2v) is 5.17. The molecule has 1 fully saturated rings. The third kappa shape index (κ3) is 3.00. The normalized spacial score (nSPS) is 17.7. The van der Waals surface area contributed by atoms with Crippen LogP contribution in [-0.2, 0) is 0 Å². The molecule has 0 radical (unpaired) electrons. The van der Waals surface area contributed by atoms with E-state index in [2.05, 4.69) is 17.2 Å². The van der Waals surface area contributed by atoms with Crippen LogP contribution < -0.4 is 5.32 Å². The second kappa shape index (κ2) is 5.38. The summed E-state index contributed by atoms with van der Waals surface area (Å²) in [5, 5.41) is 12.4. The van der Waals surface area contributed by atoms with Crippen LogP contribution in [0.25, 0.3) is 0 Å². The number of hydrogen-bond donors (Lipinski definition) is 2. The monoisotopic (exact) mass is 248 g/mol. The standard InChI is InChI=1S/C14H20N2O2/c1-9-7-12(14(17)18)8-13(15-9)16-10(2)11-5-3-4-6-11/h7-8,10-11H,3-6H2,1-2H3,(H,15,16)(H,17,18). The van der Waals surface area contributed by atoms with Crippen molar-refractivity contribution in [2.24, 2.45) is 5.92 Å². The van der Waals surface area contributed by atoms with Crippen molar-refractivity contribution in [2.45, 2.75) is 45.6 Å². The van der Waals surface area contributed by atoms with Gasteiger partial charge in [-0.3, -0.25) is 0 Å². The summed E-state index contributed by atoms with van der Waals surface area (Å²) < 4.78 is 0. The second-order valence-electron chi connectivity index (χ2n) is 5.17. The van der Waals surface area contributed by atoms with Gasteiger partial charge >= 0.3 is 5.97 Å². The van der Waals surface area contributed by atoms with E-state index in [9.17, 15) is 4.79 Å². The molecule has 0 aromatic carbocycles. The Hall–Kier alpha value is -1.58. The molecule has 1 aromatic rings. The molecule has 0 bridgehead atoms. The van der Waals surface area contributed by atoms with Gasteiger partial charge in [0.1, 0.15) is 5.82 Å². The van der Waals surface area contributed by atoms with Gasteiger partial charge in [0.05, 0.1) is 5.56 Å². The largest absolute Gasteiger partial charge is 0.478 e. The van der Waals surface area contributed by atoms with E-state index in [4.69, 9.17) is 5.11 Å². The number of aryl methyl sites for hydroxylation is 1. The van der Waals surface area contributed by atoms with Crippen molar-refractivity contribution in [1.82, 2.24) is 4.98 Å². The number of pyridine rings is 1. The highest BCUT2D eigenvalue weighted by Crippen LogP contribution is 2.29. The smallest absolute Gasteiger partial charge is 0.335 e. The van der Waals surface area contributed by atoms with Gasteiger partial charge in [0.25, 0.3) is 0 Å². The molecule has 0 saturated heterocycles. The summed E-state index contributed by atoms with van der Waals surface area (Å²) in [7, 11) is 0. The predicted molar refractivity (Wildman–Crippen MR) is 71.0 cm³/mol. The summed E-state index contributed by atoms with van der Waals surface area (Å²) in [6.07, 6.45) is 5.12. The molecule has 2 N–H and O–H groups in total. The molecule has 1 unspecified atom stereocenters. The number of nitrogens with zero attached hydrogens (tertiary/aromatic N) is 1. The molecule has 1 atom stereocenters. The highest BCUT2D eigenvalue weighted by molar-refractivity contribution is 5.88. The lowest BCUT2D eigenvalue weighted by Crippen LogP contribution is -2.24. The Morgan fingerprint density at radius 3 is 2.72 bits per heavy atom. The van der Waals surface area contributed by atoms with Crippen LogP contribution in [0.15, 0.2) is 12.1 Å². The molecular formula is C14H20N2O2. The number of carbonyl (C=O) groups is 1. The van der Waals surface area contributed by atoms with Crippen molar-refractivity contribution >= 4 is 11.8 Å². The highest BCUT2D eigenvalue weighted by Gasteiger charge is 2.21. The molecule has 0 aliphatic heterocycles. The average molecular weight is 248 g/mol. The lowest BCUT2D eigenvalue weighted by molar-refractivity contribution is 0.0696. The fourth-order valence-corrected chi connectivity index (χ4v) is 2.67. The Kier molecular flexibility index (Phi) is 3.84. The van der Waals surface area contributed by atoms with E-state index in [1.54, 1.807) is 12.1 Å². The van der Waals surface area contributed by atoms with Gasteiger partial charge in [-0.1, -0.05) is 12.8 Å². The summed E-state index contributed by atoms with van der Waals surface area (Å²) in [5.41, 5.74) is 1.03. The molecule has 1 aliphatic carbocycles. The van der Waals surface area contributed by atoms with Crippen molar-refractivity contribution in [1.29, 1.82) is 0 Å². The fraction of sp³-hybridized carbons (Fsp3) is 0.571. The van der Waals surface area contributed by atoms with Crippen LogP contribution in [0.3, 0.4) is 0 Å². The van der Waals surface area contributed by atoms with Crippen molar-refractivity contribution in [3.05, 3.63) is 23.4 Å². The zero-order chi connectivity index (χ0) is 13.1. The van der Waals surface area contributed by atoms with E-state index in [-0.39, 0.29) is 0 Å². The molecule has 0 spiro atoms. The topological polar surface area (TPSA) is 62.2 Å². The summed E-state index contributed by atoms with van der Waals surface area (Å²) in [6.45, 7) is 3.97. The Morgan fingerprint density at radius 2 is 2.11 bits per heavy atom. The van der Waals surface area contributed by atoms with Gasteiger partial charge in [0.15, 0.2) is 0 Å². The summed E-state index contributed by atoms with van der Waals surface area (Å²) in [5.74, 6) is 0.449. The molecule has 18 heavy (non-hydrogen) atoms. The lowest BCUT2D eigenvalue weighted by atomic mass is 10.00. The molecule has 1 aromatic heterocycles. The maximum Gasteiger partial charge on any atom is 0.335 e. The molecule has 1 saturated carbocycles. The summed E-state index contributed by atoms with van der Waals surface area (Å²) >= 11 is 0. The Bertz CT molecular complexity index is 439. The highest BCUT2D eigenvalue weighted by atomic mass is 16.4. The minimum Gasteiger partial charge on any atom is -0.478 e. The minimum absolute atomic E-state index is 0.295. The first kappa shape index (κ1) is 12.9. The summed E-state index contributed by atoms with van der Waals surface area (Å²) in [4.78, 5) is 15.3. The van der Waals surface area contributed by atoms with Crippen LogP contribution in [0, 0.1) is 12.8 Å². The molecule has 1 heterocycles. The van der Waals surface area contributed by atoms with E-state index < -0.39 is 5.97 Å².